The third kappa shape index (κ3) is 4.81. The predicted octanol–water partition coefficient (Wildman–Crippen LogP) is 2.30. The van der Waals surface area contributed by atoms with E-state index in [1.54, 1.807) is 0 Å². The molecule has 1 aliphatic rings. The summed E-state index contributed by atoms with van der Waals surface area (Å²) in [6, 6.07) is 8.73. The highest BCUT2D eigenvalue weighted by Gasteiger charge is 2.21. The zero-order chi connectivity index (χ0) is 13.5. The maximum absolute atomic E-state index is 5.50. The topological polar surface area (TPSA) is 45.7 Å². The van der Waals surface area contributed by atoms with Crippen molar-refractivity contribution >= 4 is 5.96 Å². The molecular formula is C15H23N3O. The monoisotopic (exact) mass is 261 g/mol. The van der Waals surface area contributed by atoms with Gasteiger partial charge < -0.3 is 15.4 Å². The Bertz CT molecular complexity index is 427. The van der Waals surface area contributed by atoms with Crippen LogP contribution in [0.4, 0.5) is 0 Å². The number of hydrogen-bond donors (Lipinski definition) is 2. The number of aliphatic imine (C=N–C) groups is 1. The van der Waals surface area contributed by atoms with E-state index in [2.05, 4.69) is 28.6 Å². The summed E-state index contributed by atoms with van der Waals surface area (Å²) in [5.74, 6) is 1.82. The number of nitrogens with one attached hydrogen (secondary N) is 2. The SMILES string of the molecule is CCNC(=NCc1cccc(OCC)c1)NC1CC1. The van der Waals surface area contributed by atoms with Gasteiger partial charge in [0.1, 0.15) is 5.75 Å². The summed E-state index contributed by atoms with van der Waals surface area (Å²) in [7, 11) is 0. The lowest BCUT2D eigenvalue weighted by Gasteiger charge is -2.10. The molecule has 0 amide bonds. The van der Waals surface area contributed by atoms with E-state index in [0.717, 1.165) is 18.3 Å². The van der Waals surface area contributed by atoms with Gasteiger partial charge in [0.05, 0.1) is 13.2 Å². The van der Waals surface area contributed by atoms with Crippen LogP contribution in [0.5, 0.6) is 5.75 Å². The molecule has 0 aromatic heterocycles. The van der Waals surface area contributed by atoms with Gasteiger partial charge >= 0.3 is 0 Å². The maximum Gasteiger partial charge on any atom is 0.191 e. The van der Waals surface area contributed by atoms with Crippen molar-refractivity contribution < 1.29 is 4.74 Å². The first-order valence-electron chi connectivity index (χ1n) is 7.08. The fourth-order valence-electron chi connectivity index (χ4n) is 1.81. The van der Waals surface area contributed by atoms with Gasteiger partial charge in [-0.05, 0) is 44.4 Å². The largest absolute Gasteiger partial charge is 0.494 e. The Kier molecular flexibility index (Phi) is 5.07. The van der Waals surface area contributed by atoms with E-state index in [9.17, 15) is 0 Å². The highest BCUT2D eigenvalue weighted by Crippen LogP contribution is 2.18. The zero-order valence-electron chi connectivity index (χ0n) is 11.8. The average Bonchev–Trinajstić information content (AvgIpc) is 3.21. The molecule has 0 radical (unpaired) electrons. The van der Waals surface area contributed by atoms with Gasteiger partial charge in [-0.1, -0.05) is 12.1 Å². The molecular weight excluding hydrogens is 238 g/mol. The average molecular weight is 261 g/mol. The van der Waals surface area contributed by atoms with Gasteiger partial charge in [0, 0.05) is 12.6 Å². The minimum Gasteiger partial charge on any atom is -0.494 e. The van der Waals surface area contributed by atoms with Crippen LogP contribution < -0.4 is 15.4 Å². The second kappa shape index (κ2) is 7.02. The van der Waals surface area contributed by atoms with Crippen molar-refractivity contribution in [3.63, 3.8) is 0 Å². The summed E-state index contributed by atoms with van der Waals surface area (Å²) in [5.41, 5.74) is 1.17. The molecule has 0 unspecified atom stereocenters. The molecule has 1 aromatic rings. The van der Waals surface area contributed by atoms with Crippen LogP contribution in [-0.2, 0) is 6.54 Å². The quantitative estimate of drug-likeness (QED) is 0.610. The Hall–Kier alpha value is -1.71. The van der Waals surface area contributed by atoms with Crippen LogP contribution in [0.1, 0.15) is 32.3 Å². The van der Waals surface area contributed by atoms with E-state index in [1.807, 2.05) is 25.1 Å². The van der Waals surface area contributed by atoms with E-state index < -0.39 is 0 Å². The molecule has 104 valence electrons. The number of guanidine groups is 1. The lowest BCUT2D eigenvalue weighted by molar-refractivity contribution is 0.340. The third-order valence-electron chi connectivity index (χ3n) is 2.89. The minimum atomic E-state index is 0.618. The molecule has 0 aliphatic heterocycles. The molecule has 0 saturated heterocycles. The second-order valence-corrected chi connectivity index (χ2v) is 4.69. The first kappa shape index (κ1) is 13.7. The van der Waals surface area contributed by atoms with Crippen molar-refractivity contribution in [1.82, 2.24) is 10.6 Å². The molecule has 1 aliphatic carbocycles. The summed E-state index contributed by atoms with van der Waals surface area (Å²) < 4.78 is 5.50. The molecule has 0 atom stereocenters. The Morgan fingerprint density at radius 1 is 1.37 bits per heavy atom. The van der Waals surface area contributed by atoms with E-state index in [1.165, 1.54) is 18.4 Å². The lowest BCUT2D eigenvalue weighted by atomic mass is 10.2. The Morgan fingerprint density at radius 3 is 2.89 bits per heavy atom. The van der Waals surface area contributed by atoms with Crippen molar-refractivity contribution in [2.24, 2.45) is 4.99 Å². The van der Waals surface area contributed by atoms with Crippen molar-refractivity contribution in [2.75, 3.05) is 13.2 Å². The molecule has 4 heteroatoms. The van der Waals surface area contributed by atoms with Crippen molar-refractivity contribution in [3.8, 4) is 5.75 Å². The lowest BCUT2D eigenvalue weighted by Crippen LogP contribution is -2.38. The molecule has 1 aromatic carbocycles. The molecule has 19 heavy (non-hydrogen) atoms. The fourth-order valence-corrected chi connectivity index (χ4v) is 1.81. The van der Waals surface area contributed by atoms with Gasteiger partial charge in [-0.15, -0.1) is 0 Å². The van der Waals surface area contributed by atoms with Crippen molar-refractivity contribution in [1.29, 1.82) is 0 Å². The van der Waals surface area contributed by atoms with E-state index in [0.29, 0.717) is 19.2 Å². The number of hydrogen-bond acceptors (Lipinski definition) is 2. The van der Waals surface area contributed by atoms with Gasteiger partial charge in [-0.25, -0.2) is 4.99 Å². The van der Waals surface area contributed by atoms with Gasteiger partial charge in [-0.3, -0.25) is 0 Å². The van der Waals surface area contributed by atoms with Crippen LogP contribution in [-0.4, -0.2) is 25.2 Å². The Balaban J connectivity index is 1.95. The number of rotatable bonds is 6. The van der Waals surface area contributed by atoms with Crippen molar-refractivity contribution in [2.45, 2.75) is 39.3 Å². The van der Waals surface area contributed by atoms with Crippen LogP contribution in [0.15, 0.2) is 29.3 Å². The Morgan fingerprint density at radius 2 is 2.21 bits per heavy atom. The summed E-state index contributed by atoms with van der Waals surface area (Å²) in [4.78, 5) is 4.60. The van der Waals surface area contributed by atoms with E-state index in [4.69, 9.17) is 4.74 Å². The molecule has 0 spiro atoms. The Labute approximate surface area is 115 Å². The highest BCUT2D eigenvalue weighted by molar-refractivity contribution is 5.80. The molecule has 2 N–H and O–H groups in total. The second-order valence-electron chi connectivity index (χ2n) is 4.69. The molecule has 1 saturated carbocycles. The summed E-state index contributed by atoms with van der Waals surface area (Å²) in [6.45, 7) is 6.33. The normalized spacial score (nSPS) is 15.2. The summed E-state index contributed by atoms with van der Waals surface area (Å²) in [6.07, 6.45) is 2.51. The van der Waals surface area contributed by atoms with E-state index in [-0.39, 0.29) is 0 Å². The minimum absolute atomic E-state index is 0.618. The number of ether oxygens (including phenoxy) is 1. The molecule has 4 nitrogen and oxygen atoms in total. The molecule has 2 rings (SSSR count). The van der Waals surface area contributed by atoms with Crippen LogP contribution in [0.3, 0.4) is 0 Å². The number of benzene rings is 1. The van der Waals surface area contributed by atoms with Crippen molar-refractivity contribution in [3.05, 3.63) is 29.8 Å². The summed E-state index contributed by atoms with van der Waals surface area (Å²) in [5, 5.41) is 6.68. The van der Waals surface area contributed by atoms with Gasteiger partial charge in [0.25, 0.3) is 0 Å². The van der Waals surface area contributed by atoms with Crippen LogP contribution in [0.2, 0.25) is 0 Å². The van der Waals surface area contributed by atoms with Gasteiger partial charge in [-0.2, -0.15) is 0 Å². The molecule has 0 heterocycles. The highest BCUT2D eigenvalue weighted by atomic mass is 16.5. The smallest absolute Gasteiger partial charge is 0.191 e. The van der Waals surface area contributed by atoms with Gasteiger partial charge in [0.2, 0.25) is 0 Å². The summed E-state index contributed by atoms with van der Waals surface area (Å²) >= 11 is 0. The standard InChI is InChI=1S/C15H23N3O/c1-3-16-15(18-13-8-9-13)17-11-12-6-5-7-14(10-12)19-4-2/h5-7,10,13H,3-4,8-9,11H2,1-2H3,(H2,16,17,18). The zero-order valence-corrected chi connectivity index (χ0v) is 11.8. The first-order chi connectivity index (χ1) is 9.31. The van der Waals surface area contributed by atoms with Crippen LogP contribution in [0.25, 0.3) is 0 Å². The number of nitrogens with zero attached hydrogens (tertiary/aromatic N) is 1. The fraction of sp³-hybridized carbons (Fsp3) is 0.533. The van der Waals surface area contributed by atoms with Crippen LogP contribution >= 0.6 is 0 Å². The molecule has 1 fully saturated rings. The van der Waals surface area contributed by atoms with Gasteiger partial charge in [0.15, 0.2) is 5.96 Å². The maximum atomic E-state index is 5.50. The predicted molar refractivity (Wildman–Crippen MR) is 78.6 cm³/mol. The third-order valence-corrected chi connectivity index (χ3v) is 2.89. The molecule has 0 bridgehead atoms. The first-order valence-corrected chi connectivity index (χ1v) is 7.08. The van der Waals surface area contributed by atoms with E-state index >= 15 is 0 Å². The van der Waals surface area contributed by atoms with Crippen LogP contribution in [0, 0.1) is 0 Å².